The molecule has 5 nitrogen and oxygen atoms in total. The lowest BCUT2D eigenvalue weighted by atomic mass is 10.1. The molecule has 0 bridgehead atoms. The van der Waals surface area contributed by atoms with Crippen LogP contribution in [0.1, 0.15) is 19.5 Å². The van der Waals surface area contributed by atoms with E-state index < -0.39 is 24.2 Å². The van der Waals surface area contributed by atoms with E-state index in [0.717, 1.165) is 4.90 Å². The first kappa shape index (κ1) is 15.8. The first-order chi connectivity index (χ1) is 9.82. The molecule has 0 radical (unpaired) electrons. The van der Waals surface area contributed by atoms with Crippen LogP contribution >= 0.6 is 0 Å². The van der Waals surface area contributed by atoms with Gasteiger partial charge in [-0.15, -0.1) is 0 Å². The zero-order chi connectivity index (χ0) is 15.6. The highest BCUT2D eigenvalue weighted by atomic mass is 19.4. The number of aryl methyl sites for hydroxylation is 1. The van der Waals surface area contributed by atoms with E-state index in [2.05, 4.69) is 5.10 Å². The molecule has 118 valence electrons. The average molecular weight is 305 g/mol. The third-order valence-corrected chi connectivity index (χ3v) is 3.50. The Morgan fingerprint density at radius 2 is 2.24 bits per heavy atom. The fourth-order valence-corrected chi connectivity index (χ4v) is 2.47. The van der Waals surface area contributed by atoms with Crippen LogP contribution in [0, 0.1) is 0 Å². The Morgan fingerprint density at radius 3 is 2.81 bits per heavy atom. The second-order valence-corrected chi connectivity index (χ2v) is 4.99. The van der Waals surface area contributed by atoms with Gasteiger partial charge in [-0.25, -0.2) is 0 Å². The predicted molar refractivity (Wildman–Crippen MR) is 68.6 cm³/mol. The Balaban J connectivity index is 2.12. The number of alkyl halides is 3. The van der Waals surface area contributed by atoms with Crippen molar-refractivity contribution < 1.29 is 22.7 Å². The molecule has 1 amide bonds. The van der Waals surface area contributed by atoms with Gasteiger partial charge in [0.2, 0.25) is 5.91 Å². The van der Waals surface area contributed by atoms with Crippen molar-refractivity contribution in [2.24, 2.45) is 0 Å². The minimum Gasteiger partial charge on any atom is -0.374 e. The van der Waals surface area contributed by atoms with Crippen LogP contribution in [-0.4, -0.2) is 52.1 Å². The van der Waals surface area contributed by atoms with Gasteiger partial charge in [0.1, 0.15) is 0 Å². The lowest BCUT2D eigenvalue weighted by Crippen LogP contribution is -2.59. The van der Waals surface area contributed by atoms with E-state index in [4.69, 9.17) is 4.74 Å². The fourth-order valence-electron chi connectivity index (χ4n) is 2.47. The molecule has 1 aromatic rings. The number of carbonyl (C=O) groups is 1. The van der Waals surface area contributed by atoms with Gasteiger partial charge in [-0.3, -0.25) is 9.48 Å². The van der Waals surface area contributed by atoms with Gasteiger partial charge in [0.25, 0.3) is 0 Å². The maximum Gasteiger partial charge on any atom is 0.411 e. The number of nitrogens with zero attached hydrogens (tertiary/aromatic N) is 3. The van der Waals surface area contributed by atoms with E-state index in [1.54, 1.807) is 16.9 Å². The lowest BCUT2D eigenvalue weighted by Gasteiger charge is -2.40. The monoisotopic (exact) mass is 305 g/mol. The van der Waals surface area contributed by atoms with E-state index in [0.29, 0.717) is 12.2 Å². The van der Waals surface area contributed by atoms with E-state index in [-0.39, 0.29) is 19.6 Å². The van der Waals surface area contributed by atoms with Gasteiger partial charge in [0.05, 0.1) is 24.8 Å². The molecule has 1 aliphatic rings. The number of halogens is 3. The summed E-state index contributed by atoms with van der Waals surface area (Å²) < 4.78 is 46.0. The number of carbonyl (C=O) groups excluding carboxylic acids is 1. The topological polar surface area (TPSA) is 47.4 Å². The molecular weight excluding hydrogens is 287 g/mol. The third kappa shape index (κ3) is 3.55. The maximum atomic E-state index is 13.1. The molecule has 2 atom stereocenters. The summed E-state index contributed by atoms with van der Waals surface area (Å²) in [5.74, 6) is -0.575. The number of hydrogen-bond donors (Lipinski definition) is 0. The van der Waals surface area contributed by atoms with Crippen LogP contribution in [0.5, 0.6) is 0 Å². The van der Waals surface area contributed by atoms with Crippen LogP contribution in [0.3, 0.4) is 0 Å². The summed E-state index contributed by atoms with van der Waals surface area (Å²) in [4.78, 5) is 13.0. The van der Waals surface area contributed by atoms with Gasteiger partial charge in [-0.1, -0.05) is 0 Å². The quantitative estimate of drug-likeness (QED) is 0.852. The van der Waals surface area contributed by atoms with E-state index in [1.807, 2.05) is 6.92 Å². The molecule has 0 unspecified atom stereocenters. The van der Waals surface area contributed by atoms with Gasteiger partial charge >= 0.3 is 6.18 Å². The zero-order valence-corrected chi connectivity index (χ0v) is 11.9. The zero-order valence-electron chi connectivity index (χ0n) is 11.9. The highest BCUT2D eigenvalue weighted by molar-refractivity contribution is 5.79. The van der Waals surface area contributed by atoms with Gasteiger partial charge in [-0.05, 0) is 19.9 Å². The van der Waals surface area contributed by atoms with Crippen molar-refractivity contribution in [3.8, 4) is 0 Å². The molecule has 1 fully saturated rings. The first-order valence-corrected chi connectivity index (χ1v) is 6.83. The van der Waals surface area contributed by atoms with Crippen molar-refractivity contribution in [3.63, 3.8) is 0 Å². The smallest absolute Gasteiger partial charge is 0.374 e. The highest BCUT2D eigenvalue weighted by Gasteiger charge is 2.50. The van der Waals surface area contributed by atoms with Crippen LogP contribution in [0.25, 0.3) is 0 Å². The van der Waals surface area contributed by atoms with Crippen LogP contribution in [0.4, 0.5) is 13.2 Å². The van der Waals surface area contributed by atoms with Crippen LogP contribution < -0.4 is 0 Å². The normalized spacial score (nSPS) is 23.4. The molecule has 2 rings (SSSR count). The summed E-state index contributed by atoms with van der Waals surface area (Å²) in [6.07, 6.45) is -3.99. The largest absolute Gasteiger partial charge is 0.411 e. The molecule has 0 aliphatic carbocycles. The summed E-state index contributed by atoms with van der Waals surface area (Å²) in [6, 6.07) is -0.250. The van der Waals surface area contributed by atoms with Crippen LogP contribution in [0.15, 0.2) is 12.3 Å². The van der Waals surface area contributed by atoms with Crippen molar-refractivity contribution in [2.75, 3.05) is 13.2 Å². The van der Waals surface area contributed by atoms with Crippen molar-refractivity contribution in [3.05, 3.63) is 18.0 Å². The predicted octanol–water partition coefficient (Wildman–Crippen LogP) is 1.62. The molecular formula is C13H18F3N3O2. The second kappa shape index (κ2) is 6.05. The van der Waals surface area contributed by atoms with Gasteiger partial charge in [0, 0.05) is 19.3 Å². The Hall–Kier alpha value is -1.57. The summed E-state index contributed by atoms with van der Waals surface area (Å²) in [5.41, 5.74) is 0.474. The summed E-state index contributed by atoms with van der Waals surface area (Å²) in [6.45, 7) is 3.93. The van der Waals surface area contributed by atoms with Crippen molar-refractivity contribution in [1.29, 1.82) is 0 Å². The molecule has 2 heterocycles. The molecule has 0 N–H and O–H groups in total. The van der Waals surface area contributed by atoms with E-state index in [1.165, 1.54) is 6.92 Å². The average Bonchev–Trinajstić information content (AvgIpc) is 2.84. The Bertz CT molecular complexity index is 501. The number of ether oxygens (including phenoxy) is 1. The Morgan fingerprint density at radius 1 is 1.52 bits per heavy atom. The minimum atomic E-state index is -4.50. The number of rotatable bonds is 3. The number of hydrogen-bond acceptors (Lipinski definition) is 3. The van der Waals surface area contributed by atoms with Crippen molar-refractivity contribution in [2.45, 2.75) is 45.1 Å². The van der Waals surface area contributed by atoms with Crippen molar-refractivity contribution >= 4 is 5.91 Å². The fraction of sp³-hybridized carbons (Fsp3) is 0.692. The standard InChI is InChI=1S/C13H18F3N3O2/c1-3-18-5-4-10(17-18)8-11(20)19-6-7-21-9(2)12(19)13(14,15)16/h4-5,9,12H,3,6-8H2,1-2H3/t9-,12-/m0/s1. The van der Waals surface area contributed by atoms with Crippen LogP contribution in [-0.2, 0) is 22.5 Å². The molecule has 0 spiro atoms. The summed E-state index contributed by atoms with van der Waals surface area (Å²) in [7, 11) is 0. The van der Waals surface area contributed by atoms with Crippen molar-refractivity contribution in [1.82, 2.24) is 14.7 Å². The molecule has 21 heavy (non-hydrogen) atoms. The molecule has 1 saturated heterocycles. The highest BCUT2D eigenvalue weighted by Crippen LogP contribution is 2.31. The SMILES string of the molecule is CCn1ccc(CC(=O)N2CCO[C@@H](C)[C@H]2C(F)(F)F)n1. The molecule has 0 aromatic carbocycles. The Kier molecular flexibility index (Phi) is 4.55. The minimum absolute atomic E-state index is 0.0537. The molecule has 1 aliphatic heterocycles. The van der Waals surface area contributed by atoms with E-state index >= 15 is 0 Å². The van der Waals surface area contributed by atoms with Gasteiger partial charge in [-0.2, -0.15) is 18.3 Å². The van der Waals surface area contributed by atoms with Crippen LogP contribution in [0.2, 0.25) is 0 Å². The number of morpholine rings is 1. The summed E-state index contributed by atoms with van der Waals surface area (Å²) in [5, 5.41) is 4.13. The second-order valence-electron chi connectivity index (χ2n) is 4.99. The van der Waals surface area contributed by atoms with Gasteiger partial charge < -0.3 is 9.64 Å². The lowest BCUT2D eigenvalue weighted by molar-refractivity contribution is -0.229. The molecule has 8 heteroatoms. The maximum absolute atomic E-state index is 13.1. The summed E-state index contributed by atoms with van der Waals surface area (Å²) >= 11 is 0. The number of amides is 1. The molecule has 1 aromatic heterocycles. The Labute approximate surface area is 120 Å². The third-order valence-electron chi connectivity index (χ3n) is 3.50. The van der Waals surface area contributed by atoms with E-state index in [9.17, 15) is 18.0 Å². The molecule has 0 saturated carbocycles. The van der Waals surface area contributed by atoms with Gasteiger partial charge in [0.15, 0.2) is 6.04 Å². The number of aromatic nitrogens is 2. The first-order valence-electron chi connectivity index (χ1n) is 6.83.